The van der Waals surface area contributed by atoms with Crippen molar-refractivity contribution < 1.29 is 42.1 Å². The van der Waals surface area contributed by atoms with Crippen LogP contribution in [-0.2, 0) is 32.7 Å². The van der Waals surface area contributed by atoms with Crippen LogP contribution in [0.25, 0.3) is 0 Å². The van der Waals surface area contributed by atoms with Crippen molar-refractivity contribution in [3.63, 3.8) is 0 Å². The van der Waals surface area contributed by atoms with Gasteiger partial charge in [0.15, 0.2) is 6.10 Å². The number of phosphoric ester groups is 1. The summed E-state index contributed by atoms with van der Waals surface area (Å²) in [6, 6.07) is 0. The van der Waals surface area contributed by atoms with Crippen LogP contribution >= 0.6 is 7.82 Å². The molecule has 0 aromatic heterocycles. The van der Waals surface area contributed by atoms with Gasteiger partial charge in [-0.2, -0.15) is 0 Å². The maximum absolute atomic E-state index is 12.8. The van der Waals surface area contributed by atoms with E-state index in [1.54, 1.807) is 0 Å². The Balaban J connectivity index is 4.26. The molecular formula is C60H113NO8P+. The van der Waals surface area contributed by atoms with Crippen LogP contribution in [-0.4, -0.2) is 74.9 Å². The van der Waals surface area contributed by atoms with E-state index in [1.807, 2.05) is 21.1 Å². The summed E-state index contributed by atoms with van der Waals surface area (Å²) < 4.78 is 34.5. The number of carbonyl (C=O) groups is 2. The van der Waals surface area contributed by atoms with Crippen molar-refractivity contribution in [3.05, 3.63) is 48.6 Å². The number of hydrogen-bond donors (Lipinski definition) is 1. The number of nitrogens with zero attached hydrogens (tertiary/aromatic N) is 1. The van der Waals surface area contributed by atoms with E-state index >= 15 is 0 Å². The van der Waals surface area contributed by atoms with Crippen LogP contribution in [0.4, 0.5) is 0 Å². The van der Waals surface area contributed by atoms with Gasteiger partial charge in [0, 0.05) is 12.8 Å². The molecule has 0 aliphatic carbocycles. The summed E-state index contributed by atoms with van der Waals surface area (Å²) in [5.41, 5.74) is 0. The molecular weight excluding hydrogens is 894 g/mol. The minimum atomic E-state index is -4.40. The Hall–Kier alpha value is -2.03. The van der Waals surface area contributed by atoms with Crippen LogP contribution in [0, 0.1) is 0 Å². The third-order valence-electron chi connectivity index (χ3n) is 12.8. The number of unbranched alkanes of at least 4 members (excludes halogenated alkanes) is 32. The molecule has 0 aliphatic heterocycles. The zero-order valence-electron chi connectivity index (χ0n) is 46.5. The van der Waals surface area contributed by atoms with Crippen LogP contribution in [0.1, 0.15) is 271 Å². The molecule has 0 radical (unpaired) electrons. The first-order valence-corrected chi connectivity index (χ1v) is 30.9. The highest BCUT2D eigenvalue weighted by Crippen LogP contribution is 2.43. The van der Waals surface area contributed by atoms with Gasteiger partial charge in [-0.1, -0.05) is 229 Å². The fourth-order valence-electron chi connectivity index (χ4n) is 8.23. The molecule has 0 amide bonds. The van der Waals surface area contributed by atoms with Gasteiger partial charge in [0.05, 0.1) is 27.7 Å². The van der Waals surface area contributed by atoms with E-state index < -0.39 is 32.5 Å². The zero-order valence-corrected chi connectivity index (χ0v) is 47.4. The summed E-state index contributed by atoms with van der Waals surface area (Å²) in [6.07, 6.45) is 65.0. The van der Waals surface area contributed by atoms with Crippen molar-refractivity contribution >= 4 is 19.8 Å². The fourth-order valence-corrected chi connectivity index (χ4v) is 8.97. The van der Waals surface area contributed by atoms with Crippen LogP contribution in [0.15, 0.2) is 48.6 Å². The Morgan fingerprint density at radius 1 is 0.429 bits per heavy atom. The summed E-state index contributed by atoms with van der Waals surface area (Å²) in [5, 5.41) is 0. The molecule has 1 unspecified atom stereocenters. The molecule has 0 saturated heterocycles. The van der Waals surface area contributed by atoms with Gasteiger partial charge in [-0.25, -0.2) is 4.57 Å². The Labute approximate surface area is 433 Å². The average Bonchev–Trinajstić information content (AvgIpc) is 3.32. The van der Waals surface area contributed by atoms with Gasteiger partial charge in [0.2, 0.25) is 0 Å². The first-order chi connectivity index (χ1) is 34.0. The highest BCUT2D eigenvalue weighted by atomic mass is 31.2. The molecule has 0 saturated carbocycles. The normalized spacial score (nSPS) is 13.6. The number of ether oxygens (including phenoxy) is 2. The van der Waals surface area contributed by atoms with E-state index in [2.05, 4.69) is 62.5 Å². The number of esters is 2. The molecule has 0 heterocycles. The topological polar surface area (TPSA) is 108 Å². The summed E-state index contributed by atoms with van der Waals surface area (Å²) in [5.74, 6) is -0.889. The van der Waals surface area contributed by atoms with E-state index in [4.69, 9.17) is 18.5 Å². The van der Waals surface area contributed by atoms with Crippen molar-refractivity contribution in [1.82, 2.24) is 0 Å². The number of allylic oxidation sites excluding steroid dienone is 8. The van der Waals surface area contributed by atoms with E-state index in [-0.39, 0.29) is 26.1 Å². The van der Waals surface area contributed by atoms with E-state index in [9.17, 15) is 19.0 Å². The number of quaternary nitrogens is 1. The van der Waals surface area contributed by atoms with Crippen molar-refractivity contribution in [2.24, 2.45) is 0 Å². The van der Waals surface area contributed by atoms with Crippen molar-refractivity contribution in [2.45, 2.75) is 277 Å². The molecule has 0 aromatic carbocycles. The van der Waals surface area contributed by atoms with Gasteiger partial charge in [-0.3, -0.25) is 18.6 Å². The van der Waals surface area contributed by atoms with Gasteiger partial charge >= 0.3 is 19.8 Å². The molecule has 0 spiro atoms. The first kappa shape index (κ1) is 68.0. The van der Waals surface area contributed by atoms with Crippen LogP contribution in [0.2, 0.25) is 0 Å². The Kier molecular flexibility index (Phi) is 50.4. The summed E-state index contributed by atoms with van der Waals surface area (Å²) >= 11 is 0. The molecule has 0 rings (SSSR count). The molecule has 410 valence electrons. The Morgan fingerprint density at radius 3 is 1.10 bits per heavy atom. The summed E-state index contributed by atoms with van der Waals surface area (Å²) in [4.78, 5) is 35.6. The number of likely N-dealkylation sites (N-methyl/N-ethyl adjacent to an activating group) is 1. The van der Waals surface area contributed by atoms with Crippen LogP contribution < -0.4 is 0 Å². The summed E-state index contributed by atoms with van der Waals surface area (Å²) in [6.45, 7) is 4.39. The second-order valence-electron chi connectivity index (χ2n) is 21.0. The number of phosphoric acid groups is 1. The standard InChI is InChI=1S/C60H112NO8P/c1-6-8-10-12-14-16-18-20-22-24-26-28-30-32-34-36-38-40-42-44-46-48-50-52-59(62)66-56-58(57-68-70(64,65)67-55-54-61(3,4)5)69-60(63)53-51-49-47-45-43-41-39-37-35-33-31-29-27-25-23-21-19-17-15-13-11-9-7-2/h36-39,44-47,58H,6-35,40-43,48-57H2,1-5H3/p+1/b38-36+,39-37+,46-44-,47-45-/t58-/m1/s1. The molecule has 0 fully saturated rings. The van der Waals surface area contributed by atoms with E-state index in [0.29, 0.717) is 23.9 Å². The lowest BCUT2D eigenvalue weighted by molar-refractivity contribution is -0.870. The first-order valence-electron chi connectivity index (χ1n) is 29.4. The molecule has 70 heavy (non-hydrogen) atoms. The fraction of sp³-hybridized carbons (Fsp3) is 0.833. The molecule has 0 aliphatic rings. The SMILES string of the molecule is CCCCCCCCCCCCCCCC/C=C/CC/C=C\CCCC(=O)OC[C@H](COP(=O)(O)OCC[N+](C)(C)C)OC(=O)CCC/C=C\CC/C=C/CCCCCCCCCCCCCCCC. The van der Waals surface area contributed by atoms with Crippen molar-refractivity contribution in [2.75, 3.05) is 47.5 Å². The monoisotopic (exact) mass is 1010 g/mol. The van der Waals surface area contributed by atoms with Gasteiger partial charge in [0.1, 0.15) is 19.8 Å². The maximum Gasteiger partial charge on any atom is 0.472 e. The van der Waals surface area contributed by atoms with E-state index in [1.165, 1.54) is 180 Å². The second kappa shape index (κ2) is 51.9. The van der Waals surface area contributed by atoms with Gasteiger partial charge in [-0.05, 0) is 77.0 Å². The highest BCUT2D eigenvalue weighted by Gasteiger charge is 2.27. The molecule has 2 atom stereocenters. The van der Waals surface area contributed by atoms with Crippen LogP contribution in [0.5, 0.6) is 0 Å². The second-order valence-corrected chi connectivity index (χ2v) is 22.5. The van der Waals surface area contributed by atoms with Gasteiger partial charge in [-0.15, -0.1) is 0 Å². The van der Waals surface area contributed by atoms with Crippen molar-refractivity contribution in [1.29, 1.82) is 0 Å². The Bertz CT molecular complexity index is 1320. The number of carbonyl (C=O) groups excluding carboxylic acids is 2. The minimum absolute atomic E-state index is 0.0186. The zero-order chi connectivity index (χ0) is 51.3. The lowest BCUT2D eigenvalue weighted by Gasteiger charge is -2.24. The lowest BCUT2D eigenvalue weighted by atomic mass is 10.0. The summed E-state index contributed by atoms with van der Waals surface area (Å²) in [7, 11) is 1.44. The molecule has 0 bridgehead atoms. The van der Waals surface area contributed by atoms with Crippen molar-refractivity contribution in [3.8, 4) is 0 Å². The lowest BCUT2D eigenvalue weighted by Crippen LogP contribution is -2.37. The Morgan fingerprint density at radius 2 is 0.743 bits per heavy atom. The number of rotatable bonds is 54. The molecule has 0 aromatic rings. The predicted molar refractivity (Wildman–Crippen MR) is 298 cm³/mol. The number of hydrogen-bond acceptors (Lipinski definition) is 7. The average molecular weight is 1010 g/mol. The van der Waals surface area contributed by atoms with Gasteiger partial charge in [0.25, 0.3) is 0 Å². The third kappa shape index (κ3) is 55.3. The molecule has 10 heteroatoms. The maximum atomic E-state index is 12.8. The smallest absolute Gasteiger partial charge is 0.462 e. The molecule has 9 nitrogen and oxygen atoms in total. The quantitative estimate of drug-likeness (QED) is 0.0211. The van der Waals surface area contributed by atoms with Gasteiger partial charge < -0.3 is 18.9 Å². The molecule has 1 N–H and O–H groups in total. The van der Waals surface area contributed by atoms with E-state index in [0.717, 1.165) is 51.4 Å². The van der Waals surface area contributed by atoms with Crippen LogP contribution in [0.3, 0.4) is 0 Å². The highest BCUT2D eigenvalue weighted by molar-refractivity contribution is 7.47. The predicted octanol–water partition coefficient (Wildman–Crippen LogP) is 18.1. The minimum Gasteiger partial charge on any atom is -0.462 e. The largest absolute Gasteiger partial charge is 0.472 e. The third-order valence-corrected chi connectivity index (χ3v) is 13.8.